The third kappa shape index (κ3) is 6.90. The summed E-state index contributed by atoms with van der Waals surface area (Å²) in [5, 5.41) is 19.8. The summed E-state index contributed by atoms with van der Waals surface area (Å²) in [6.07, 6.45) is 0. The first-order valence-corrected chi connectivity index (χ1v) is 14.6. The fourth-order valence-corrected chi connectivity index (χ4v) is 5.86. The van der Waals surface area contributed by atoms with E-state index in [1.54, 1.807) is 43.3 Å². The van der Waals surface area contributed by atoms with Gasteiger partial charge in [0.15, 0.2) is 0 Å². The van der Waals surface area contributed by atoms with Crippen molar-refractivity contribution in [1.29, 1.82) is 0 Å². The van der Waals surface area contributed by atoms with Gasteiger partial charge in [-0.2, -0.15) is 5.10 Å². The number of benzene rings is 2. The number of carbonyl (C=O) groups excluding carboxylic acids is 3. The molecule has 0 bridgehead atoms. The van der Waals surface area contributed by atoms with Crippen LogP contribution < -0.4 is 16.5 Å². The van der Waals surface area contributed by atoms with Gasteiger partial charge in [-0.25, -0.2) is 5.43 Å². The summed E-state index contributed by atoms with van der Waals surface area (Å²) >= 11 is 2.45. The highest BCUT2D eigenvalue weighted by molar-refractivity contribution is 7.16. The molecule has 3 amide bonds. The second-order valence-corrected chi connectivity index (χ2v) is 12.6. The van der Waals surface area contributed by atoms with E-state index in [0.29, 0.717) is 26.6 Å². The SMILES string of the molecule is CC(=NNC(=O)c1ccc(C(=O)NC(C)c2ccc(C(N)=O)cc2)s1)c1csc(-c2ccc(C(C)(C)C)cc2)c1O. The van der Waals surface area contributed by atoms with Gasteiger partial charge in [-0.1, -0.05) is 57.2 Å². The van der Waals surface area contributed by atoms with Gasteiger partial charge in [-0.3, -0.25) is 14.4 Å². The molecular weight excluding hydrogens is 556 g/mol. The van der Waals surface area contributed by atoms with Crippen LogP contribution in [0.4, 0.5) is 0 Å². The molecule has 4 rings (SSSR count). The molecule has 1 atom stereocenters. The molecule has 10 heteroatoms. The Bertz CT molecular complexity index is 1610. The summed E-state index contributed by atoms with van der Waals surface area (Å²) in [4.78, 5) is 38.2. The fraction of sp³-hybridized carbons (Fsp3) is 0.226. The Labute approximate surface area is 246 Å². The van der Waals surface area contributed by atoms with Crippen molar-refractivity contribution in [3.05, 3.63) is 98.1 Å². The molecule has 41 heavy (non-hydrogen) atoms. The number of carbonyl (C=O) groups is 3. The van der Waals surface area contributed by atoms with Crippen LogP contribution in [0.3, 0.4) is 0 Å². The number of nitrogens with one attached hydrogen (secondary N) is 2. The maximum Gasteiger partial charge on any atom is 0.281 e. The van der Waals surface area contributed by atoms with Crippen LogP contribution in [0, 0.1) is 0 Å². The molecule has 0 aliphatic heterocycles. The van der Waals surface area contributed by atoms with Crippen molar-refractivity contribution >= 4 is 46.1 Å². The van der Waals surface area contributed by atoms with Crippen LogP contribution in [0.2, 0.25) is 0 Å². The summed E-state index contributed by atoms with van der Waals surface area (Å²) in [5.41, 5.74) is 12.1. The zero-order valence-corrected chi connectivity index (χ0v) is 25.1. The molecule has 0 saturated carbocycles. The van der Waals surface area contributed by atoms with E-state index < -0.39 is 11.8 Å². The second kappa shape index (κ2) is 12.1. The number of hydrogen-bond donors (Lipinski definition) is 4. The maximum atomic E-state index is 12.8. The van der Waals surface area contributed by atoms with E-state index in [0.717, 1.165) is 27.3 Å². The molecule has 0 aliphatic rings. The van der Waals surface area contributed by atoms with E-state index >= 15 is 0 Å². The number of nitrogens with two attached hydrogens (primary N) is 1. The molecule has 0 saturated heterocycles. The Morgan fingerprint density at radius 1 is 0.927 bits per heavy atom. The first kappa shape index (κ1) is 29.7. The fourth-order valence-electron chi connectivity index (χ4n) is 4.05. The van der Waals surface area contributed by atoms with Gasteiger partial charge in [0, 0.05) is 10.9 Å². The Kier molecular flexibility index (Phi) is 8.74. The largest absolute Gasteiger partial charge is 0.506 e. The number of hydrogen-bond acceptors (Lipinski definition) is 7. The molecular formula is C31H32N4O4S2. The van der Waals surface area contributed by atoms with Crippen LogP contribution in [0.25, 0.3) is 10.4 Å². The van der Waals surface area contributed by atoms with Gasteiger partial charge in [0.2, 0.25) is 5.91 Å². The quantitative estimate of drug-likeness (QED) is 0.144. The summed E-state index contributed by atoms with van der Waals surface area (Å²) < 4.78 is 0. The predicted molar refractivity (Wildman–Crippen MR) is 165 cm³/mol. The molecule has 0 fully saturated rings. The topological polar surface area (TPSA) is 134 Å². The molecule has 4 aromatic rings. The van der Waals surface area contributed by atoms with E-state index in [-0.39, 0.29) is 23.1 Å². The Hall–Kier alpha value is -4.28. The number of thiophene rings is 2. The standard InChI is InChI=1S/C31H32N4O4S2/c1-17(19-6-8-21(9-7-19)28(32)37)33-29(38)24-14-15-25(41-24)30(39)35-34-18(2)23-16-40-27(26(23)36)20-10-12-22(13-11-20)31(3,4)5/h6-17,36H,1-5H3,(H2,32,37)(H,33,38)(H,35,39). The monoisotopic (exact) mass is 588 g/mol. The highest BCUT2D eigenvalue weighted by Crippen LogP contribution is 2.39. The van der Waals surface area contributed by atoms with Gasteiger partial charge in [0.1, 0.15) is 5.75 Å². The van der Waals surface area contributed by atoms with Gasteiger partial charge in [-0.15, -0.1) is 22.7 Å². The first-order chi connectivity index (χ1) is 19.3. The van der Waals surface area contributed by atoms with Crippen LogP contribution >= 0.6 is 22.7 Å². The smallest absolute Gasteiger partial charge is 0.281 e. The number of hydrazone groups is 1. The molecule has 1 unspecified atom stereocenters. The zero-order valence-electron chi connectivity index (χ0n) is 23.4. The van der Waals surface area contributed by atoms with Crippen LogP contribution in [0.15, 0.2) is 71.1 Å². The average molecular weight is 589 g/mol. The minimum atomic E-state index is -0.518. The number of amides is 3. The van der Waals surface area contributed by atoms with Crippen molar-refractivity contribution in [2.75, 3.05) is 0 Å². The van der Waals surface area contributed by atoms with E-state index in [2.05, 4.69) is 48.7 Å². The highest BCUT2D eigenvalue weighted by Gasteiger charge is 2.19. The van der Waals surface area contributed by atoms with E-state index in [1.807, 2.05) is 24.4 Å². The van der Waals surface area contributed by atoms with E-state index in [9.17, 15) is 19.5 Å². The molecule has 2 aromatic carbocycles. The second-order valence-electron chi connectivity index (χ2n) is 10.6. The van der Waals surface area contributed by atoms with Crippen LogP contribution in [0.5, 0.6) is 5.75 Å². The van der Waals surface area contributed by atoms with Gasteiger partial charge in [-0.05, 0) is 60.2 Å². The molecule has 2 aromatic heterocycles. The number of nitrogens with zero attached hydrogens (tertiary/aromatic N) is 1. The van der Waals surface area contributed by atoms with Crippen LogP contribution in [-0.2, 0) is 5.41 Å². The van der Waals surface area contributed by atoms with Gasteiger partial charge in [0.25, 0.3) is 11.8 Å². The lowest BCUT2D eigenvalue weighted by molar-refractivity contribution is 0.0940. The molecule has 8 nitrogen and oxygen atoms in total. The van der Waals surface area contributed by atoms with Gasteiger partial charge < -0.3 is 16.2 Å². The summed E-state index contributed by atoms with van der Waals surface area (Å²) in [7, 11) is 0. The lowest BCUT2D eigenvalue weighted by atomic mass is 9.86. The van der Waals surface area contributed by atoms with Crippen molar-refractivity contribution in [2.24, 2.45) is 10.8 Å². The van der Waals surface area contributed by atoms with E-state index in [4.69, 9.17) is 5.73 Å². The van der Waals surface area contributed by atoms with Crippen molar-refractivity contribution in [3.63, 3.8) is 0 Å². The minimum absolute atomic E-state index is 0.0371. The van der Waals surface area contributed by atoms with E-state index in [1.165, 1.54) is 16.9 Å². The first-order valence-electron chi connectivity index (χ1n) is 12.9. The summed E-state index contributed by atoms with van der Waals surface area (Å²) in [6.45, 7) is 9.98. The lowest BCUT2D eigenvalue weighted by Gasteiger charge is -2.19. The predicted octanol–water partition coefficient (Wildman–Crippen LogP) is 6.22. The third-order valence-electron chi connectivity index (χ3n) is 6.59. The molecule has 0 aliphatic carbocycles. The Morgan fingerprint density at radius 3 is 2.12 bits per heavy atom. The highest BCUT2D eigenvalue weighted by atomic mass is 32.1. The lowest BCUT2D eigenvalue weighted by Crippen LogP contribution is -2.26. The van der Waals surface area contributed by atoms with Gasteiger partial charge in [0.05, 0.1) is 31.9 Å². The summed E-state index contributed by atoms with van der Waals surface area (Å²) in [6, 6.07) is 17.6. The average Bonchev–Trinajstić information content (AvgIpc) is 3.59. The molecule has 2 heterocycles. The normalized spacial score (nSPS) is 12.6. The van der Waals surface area contributed by atoms with Gasteiger partial charge >= 0.3 is 0 Å². The minimum Gasteiger partial charge on any atom is -0.506 e. The molecule has 5 N–H and O–H groups in total. The number of aromatic hydroxyl groups is 1. The Balaban J connectivity index is 1.39. The zero-order chi connectivity index (χ0) is 29.9. The molecule has 212 valence electrons. The molecule has 0 radical (unpaired) electrons. The number of rotatable bonds is 8. The van der Waals surface area contributed by atoms with Crippen LogP contribution in [0.1, 0.15) is 87.1 Å². The summed E-state index contributed by atoms with van der Waals surface area (Å²) in [5.74, 6) is -1.19. The van der Waals surface area contributed by atoms with Crippen LogP contribution in [-0.4, -0.2) is 28.5 Å². The van der Waals surface area contributed by atoms with Crippen molar-refractivity contribution in [2.45, 2.75) is 46.1 Å². The third-order valence-corrected chi connectivity index (χ3v) is 8.69. The van der Waals surface area contributed by atoms with Crippen molar-refractivity contribution in [1.82, 2.24) is 10.7 Å². The van der Waals surface area contributed by atoms with Crippen molar-refractivity contribution in [3.8, 4) is 16.2 Å². The molecule has 0 spiro atoms. The Morgan fingerprint density at radius 2 is 1.54 bits per heavy atom. The number of primary amides is 1. The van der Waals surface area contributed by atoms with Crippen molar-refractivity contribution < 1.29 is 19.5 Å². The maximum absolute atomic E-state index is 12.8.